The summed E-state index contributed by atoms with van der Waals surface area (Å²) in [5, 5.41) is 6.03. The Morgan fingerprint density at radius 2 is 2.17 bits per heavy atom. The molecule has 1 aromatic rings. The van der Waals surface area contributed by atoms with Gasteiger partial charge in [0.25, 0.3) is 0 Å². The molecule has 1 aromatic heterocycles. The highest BCUT2D eigenvalue weighted by Crippen LogP contribution is 2.13. The molecule has 2 N–H and O–H groups in total. The van der Waals surface area contributed by atoms with Gasteiger partial charge in [0.15, 0.2) is 0 Å². The van der Waals surface area contributed by atoms with Gasteiger partial charge >= 0.3 is 0 Å². The molecule has 0 aromatic carbocycles. The van der Waals surface area contributed by atoms with E-state index in [0.717, 1.165) is 19.5 Å². The lowest BCUT2D eigenvalue weighted by molar-refractivity contribution is -0.128. The lowest BCUT2D eigenvalue weighted by Gasteiger charge is -2.22. The molecule has 0 bridgehead atoms. The van der Waals surface area contributed by atoms with E-state index in [4.69, 9.17) is 0 Å². The maximum absolute atomic E-state index is 11.6. The molecule has 0 aliphatic rings. The predicted octanol–water partition coefficient (Wildman–Crippen LogP) is 1.76. The fourth-order valence-corrected chi connectivity index (χ4v) is 1.93. The van der Waals surface area contributed by atoms with Gasteiger partial charge in [0.2, 0.25) is 5.91 Å². The Kier molecular flexibility index (Phi) is 5.41. The standard InChI is InChI=1S/C14H25N3O/c1-5-7-17-8-6-12(10-17)9-16-11-14(2,3)13(18)15-4/h6,8,10,16H,5,7,9,11H2,1-4H3,(H,15,18). The van der Waals surface area contributed by atoms with Crippen LogP contribution in [-0.4, -0.2) is 24.1 Å². The maximum atomic E-state index is 11.6. The number of hydrogen-bond acceptors (Lipinski definition) is 2. The number of rotatable bonds is 7. The van der Waals surface area contributed by atoms with Crippen molar-refractivity contribution in [3.8, 4) is 0 Å². The Bertz CT molecular complexity index is 382. The summed E-state index contributed by atoms with van der Waals surface area (Å²) in [6.45, 7) is 8.60. The van der Waals surface area contributed by atoms with Crippen molar-refractivity contribution in [1.82, 2.24) is 15.2 Å². The zero-order valence-corrected chi connectivity index (χ0v) is 11.9. The highest BCUT2D eigenvalue weighted by molar-refractivity contribution is 5.81. The minimum Gasteiger partial charge on any atom is -0.359 e. The topological polar surface area (TPSA) is 46.1 Å². The molecule has 1 amide bonds. The van der Waals surface area contributed by atoms with Gasteiger partial charge in [-0.25, -0.2) is 0 Å². The van der Waals surface area contributed by atoms with Crippen molar-refractivity contribution in [3.05, 3.63) is 24.0 Å². The van der Waals surface area contributed by atoms with Crippen LogP contribution in [0.2, 0.25) is 0 Å². The Balaban J connectivity index is 2.38. The van der Waals surface area contributed by atoms with E-state index in [1.807, 2.05) is 13.8 Å². The molecule has 4 nitrogen and oxygen atoms in total. The summed E-state index contributed by atoms with van der Waals surface area (Å²) >= 11 is 0. The number of carbonyl (C=O) groups is 1. The molecule has 0 saturated heterocycles. The van der Waals surface area contributed by atoms with E-state index in [0.29, 0.717) is 6.54 Å². The summed E-state index contributed by atoms with van der Waals surface area (Å²) in [7, 11) is 1.68. The first-order valence-electron chi connectivity index (χ1n) is 6.57. The lowest BCUT2D eigenvalue weighted by Crippen LogP contribution is -2.41. The number of hydrogen-bond donors (Lipinski definition) is 2. The Hall–Kier alpha value is -1.29. The van der Waals surface area contributed by atoms with Gasteiger partial charge in [0.05, 0.1) is 5.41 Å². The van der Waals surface area contributed by atoms with Crippen LogP contribution in [0.4, 0.5) is 0 Å². The second-order valence-corrected chi connectivity index (χ2v) is 5.32. The third-order valence-corrected chi connectivity index (χ3v) is 3.03. The molecule has 0 radical (unpaired) electrons. The number of amides is 1. The van der Waals surface area contributed by atoms with E-state index in [-0.39, 0.29) is 11.3 Å². The fraction of sp³-hybridized carbons (Fsp3) is 0.643. The van der Waals surface area contributed by atoms with E-state index in [1.54, 1.807) is 7.05 Å². The smallest absolute Gasteiger partial charge is 0.226 e. The summed E-state index contributed by atoms with van der Waals surface area (Å²) in [6.07, 6.45) is 5.40. The molecule has 0 spiro atoms. The molecule has 1 rings (SSSR count). The Morgan fingerprint density at radius 3 is 2.78 bits per heavy atom. The Labute approximate surface area is 110 Å². The third-order valence-electron chi connectivity index (χ3n) is 3.03. The summed E-state index contributed by atoms with van der Waals surface area (Å²) in [5.74, 6) is 0.0681. The summed E-state index contributed by atoms with van der Waals surface area (Å²) < 4.78 is 2.20. The van der Waals surface area contributed by atoms with Gasteiger partial charge in [-0.05, 0) is 31.9 Å². The number of aryl methyl sites for hydroxylation is 1. The normalized spacial score (nSPS) is 11.6. The fourth-order valence-electron chi connectivity index (χ4n) is 1.93. The number of aromatic nitrogens is 1. The van der Waals surface area contributed by atoms with Gasteiger partial charge in [-0.2, -0.15) is 0 Å². The predicted molar refractivity (Wildman–Crippen MR) is 74.3 cm³/mol. The molecule has 0 saturated carbocycles. The van der Waals surface area contributed by atoms with E-state index in [9.17, 15) is 4.79 Å². The third kappa shape index (κ3) is 4.18. The summed E-state index contributed by atoms with van der Waals surface area (Å²) in [6, 6.07) is 2.12. The van der Waals surface area contributed by atoms with Crippen LogP contribution in [0.3, 0.4) is 0 Å². The minimum absolute atomic E-state index is 0.0681. The van der Waals surface area contributed by atoms with Gasteiger partial charge in [-0.15, -0.1) is 0 Å². The van der Waals surface area contributed by atoms with Crippen molar-refractivity contribution < 1.29 is 4.79 Å². The highest BCUT2D eigenvalue weighted by Gasteiger charge is 2.25. The summed E-state index contributed by atoms with van der Waals surface area (Å²) in [5.41, 5.74) is 0.886. The van der Waals surface area contributed by atoms with E-state index < -0.39 is 0 Å². The maximum Gasteiger partial charge on any atom is 0.226 e. The second kappa shape index (κ2) is 6.59. The average molecular weight is 251 g/mol. The van der Waals surface area contributed by atoms with Crippen molar-refractivity contribution >= 4 is 5.91 Å². The zero-order chi connectivity index (χ0) is 13.6. The van der Waals surface area contributed by atoms with E-state index >= 15 is 0 Å². The summed E-state index contributed by atoms with van der Waals surface area (Å²) in [4.78, 5) is 11.6. The SMILES string of the molecule is CCCn1ccc(CNCC(C)(C)C(=O)NC)c1. The molecule has 0 atom stereocenters. The van der Waals surface area contributed by atoms with Crippen LogP contribution in [-0.2, 0) is 17.9 Å². The van der Waals surface area contributed by atoms with Crippen LogP contribution >= 0.6 is 0 Å². The van der Waals surface area contributed by atoms with Gasteiger partial charge < -0.3 is 15.2 Å². The average Bonchev–Trinajstić information content (AvgIpc) is 2.76. The molecule has 0 aliphatic carbocycles. The molecule has 102 valence electrons. The molecular weight excluding hydrogens is 226 g/mol. The number of nitrogens with one attached hydrogen (secondary N) is 2. The monoisotopic (exact) mass is 251 g/mol. The van der Waals surface area contributed by atoms with Crippen molar-refractivity contribution in [2.24, 2.45) is 5.41 Å². The molecule has 18 heavy (non-hydrogen) atoms. The quantitative estimate of drug-likeness (QED) is 0.775. The first-order valence-corrected chi connectivity index (χ1v) is 6.57. The van der Waals surface area contributed by atoms with Gasteiger partial charge in [0.1, 0.15) is 0 Å². The largest absolute Gasteiger partial charge is 0.359 e. The number of carbonyl (C=O) groups excluding carboxylic acids is 1. The lowest BCUT2D eigenvalue weighted by atomic mass is 9.92. The van der Waals surface area contributed by atoms with Crippen LogP contribution in [0.1, 0.15) is 32.8 Å². The van der Waals surface area contributed by atoms with Crippen LogP contribution < -0.4 is 10.6 Å². The van der Waals surface area contributed by atoms with Gasteiger partial charge in [-0.3, -0.25) is 4.79 Å². The van der Waals surface area contributed by atoms with Crippen molar-refractivity contribution in [1.29, 1.82) is 0 Å². The highest BCUT2D eigenvalue weighted by atomic mass is 16.2. The zero-order valence-electron chi connectivity index (χ0n) is 11.9. The van der Waals surface area contributed by atoms with Crippen LogP contribution in [0.5, 0.6) is 0 Å². The molecule has 4 heteroatoms. The first kappa shape index (κ1) is 14.8. The van der Waals surface area contributed by atoms with Crippen molar-refractivity contribution in [2.45, 2.75) is 40.3 Å². The van der Waals surface area contributed by atoms with Gasteiger partial charge in [0, 0.05) is 39.1 Å². The van der Waals surface area contributed by atoms with E-state index in [2.05, 4.69) is 40.6 Å². The van der Waals surface area contributed by atoms with E-state index in [1.165, 1.54) is 5.56 Å². The van der Waals surface area contributed by atoms with Gasteiger partial charge in [-0.1, -0.05) is 6.92 Å². The minimum atomic E-state index is -0.374. The number of nitrogens with zero attached hydrogens (tertiary/aromatic N) is 1. The molecule has 0 unspecified atom stereocenters. The van der Waals surface area contributed by atoms with Crippen molar-refractivity contribution in [2.75, 3.05) is 13.6 Å². The molecule has 0 fully saturated rings. The van der Waals surface area contributed by atoms with Crippen molar-refractivity contribution in [3.63, 3.8) is 0 Å². The molecule has 1 heterocycles. The van der Waals surface area contributed by atoms with Crippen LogP contribution in [0.25, 0.3) is 0 Å². The van der Waals surface area contributed by atoms with Crippen LogP contribution in [0, 0.1) is 5.41 Å². The second-order valence-electron chi connectivity index (χ2n) is 5.32. The first-order chi connectivity index (χ1) is 8.49. The Morgan fingerprint density at radius 1 is 1.44 bits per heavy atom. The molecular formula is C14H25N3O. The van der Waals surface area contributed by atoms with Crippen LogP contribution in [0.15, 0.2) is 18.5 Å². The molecule has 0 aliphatic heterocycles.